The molecule has 172 valence electrons. The number of nitrogens with zero attached hydrogens (tertiary/aromatic N) is 2. The van der Waals surface area contributed by atoms with Crippen LogP contribution in [0.25, 0.3) is 11.5 Å². The van der Waals surface area contributed by atoms with Crippen molar-refractivity contribution < 1.29 is 18.4 Å². The number of nitrogens with one attached hydrogen (secondary N) is 2. The Bertz CT molecular complexity index is 1300. The van der Waals surface area contributed by atoms with E-state index in [4.69, 9.17) is 16.0 Å². The number of hydrogen-bond acceptors (Lipinski definition) is 6. The smallest absolute Gasteiger partial charge is 0.277 e. The highest BCUT2D eigenvalue weighted by Crippen LogP contribution is 2.24. The molecule has 0 aliphatic heterocycles. The number of aromatic nitrogens is 2. The molecule has 0 unspecified atom stereocenters. The van der Waals surface area contributed by atoms with Crippen LogP contribution in [0.3, 0.4) is 0 Å². The molecule has 34 heavy (non-hydrogen) atoms. The number of halogens is 2. The van der Waals surface area contributed by atoms with E-state index in [1.165, 1.54) is 24.3 Å². The summed E-state index contributed by atoms with van der Waals surface area (Å²) < 4.78 is 18.6. The van der Waals surface area contributed by atoms with E-state index in [1.54, 1.807) is 42.5 Å². The standard InChI is InChI=1S/C24H18ClFN4O3S/c25-18-8-4-17(5-9-18)23-29-30-24(33-23)34-14-21(31)27-13-15-2-1-3-20(12-15)28-22(32)16-6-10-19(26)11-7-16/h1-12H,13-14H2,(H,27,31)(H,28,32). The maximum Gasteiger partial charge on any atom is 0.277 e. The van der Waals surface area contributed by atoms with Crippen LogP contribution in [0.5, 0.6) is 0 Å². The van der Waals surface area contributed by atoms with Crippen LogP contribution in [0.4, 0.5) is 10.1 Å². The summed E-state index contributed by atoms with van der Waals surface area (Å²) in [6.07, 6.45) is 0. The molecular formula is C24H18ClFN4O3S. The first-order valence-corrected chi connectivity index (χ1v) is 11.5. The number of benzene rings is 3. The van der Waals surface area contributed by atoms with E-state index >= 15 is 0 Å². The molecule has 0 saturated heterocycles. The number of thioether (sulfide) groups is 1. The molecule has 3 aromatic carbocycles. The molecule has 2 N–H and O–H groups in total. The van der Waals surface area contributed by atoms with Crippen molar-refractivity contribution in [2.75, 3.05) is 11.1 Å². The largest absolute Gasteiger partial charge is 0.411 e. The third kappa shape index (κ3) is 6.43. The van der Waals surface area contributed by atoms with Gasteiger partial charge >= 0.3 is 0 Å². The molecule has 2 amide bonds. The molecule has 0 saturated carbocycles. The van der Waals surface area contributed by atoms with Gasteiger partial charge in [-0.2, -0.15) is 0 Å². The lowest BCUT2D eigenvalue weighted by atomic mass is 10.1. The molecule has 4 aromatic rings. The molecule has 0 aliphatic rings. The highest BCUT2D eigenvalue weighted by atomic mass is 35.5. The van der Waals surface area contributed by atoms with Crippen molar-refractivity contribution in [3.05, 3.63) is 94.8 Å². The Morgan fingerprint density at radius 1 is 1.00 bits per heavy atom. The molecule has 10 heteroatoms. The number of carbonyl (C=O) groups excluding carboxylic acids is 2. The zero-order valence-electron chi connectivity index (χ0n) is 17.6. The third-order valence-electron chi connectivity index (χ3n) is 4.61. The van der Waals surface area contributed by atoms with E-state index in [0.29, 0.717) is 22.2 Å². The Hall–Kier alpha value is -3.69. The zero-order valence-corrected chi connectivity index (χ0v) is 19.2. The van der Waals surface area contributed by atoms with Gasteiger partial charge in [-0.3, -0.25) is 9.59 Å². The van der Waals surface area contributed by atoms with Gasteiger partial charge in [0.15, 0.2) is 0 Å². The maximum atomic E-state index is 13.0. The lowest BCUT2D eigenvalue weighted by molar-refractivity contribution is -0.118. The molecule has 1 heterocycles. The summed E-state index contributed by atoms with van der Waals surface area (Å²) >= 11 is 7.01. The molecule has 0 aliphatic carbocycles. The molecule has 7 nitrogen and oxygen atoms in total. The summed E-state index contributed by atoms with van der Waals surface area (Å²) in [7, 11) is 0. The number of hydrogen-bond donors (Lipinski definition) is 2. The Morgan fingerprint density at radius 2 is 1.76 bits per heavy atom. The van der Waals surface area contributed by atoms with E-state index in [9.17, 15) is 14.0 Å². The summed E-state index contributed by atoms with van der Waals surface area (Å²) in [5.41, 5.74) is 2.45. The monoisotopic (exact) mass is 496 g/mol. The van der Waals surface area contributed by atoms with Crippen LogP contribution in [0, 0.1) is 5.82 Å². The number of carbonyl (C=O) groups is 2. The summed E-state index contributed by atoms with van der Waals surface area (Å²) in [6.45, 7) is 0.277. The van der Waals surface area contributed by atoms with Gasteiger partial charge in [-0.05, 0) is 66.2 Å². The highest BCUT2D eigenvalue weighted by Gasteiger charge is 2.12. The maximum absolute atomic E-state index is 13.0. The van der Waals surface area contributed by atoms with Crippen molar-refractivity contribution in [3.63, 3.8) is 0 Å². The Labute approximate surface area is 203 Å². The van der Waals surface area contributed by atoms with Crippen LogP contribution >= 0.6 is 23.4 Å². The second-order valence-corrected chi connectivity index (χ2v) is 8.47. The Balaban J connectivity index is 1.26. The van der Waals surface area contributed by atoms with Crippen LogP contribution in [0.1, 0.15) is 15.9 Å². The minimum absolute atomic E-state index is 0.100. The number of amides is 2. The lowest BCUT2D eigenvalue weighted by Gasteiger charge is -2.09. The average molecular weight is 497 g/mol. The van der Waals surface area contributed by atoms with Gasteiger partial charge in [-0.15, -0.1) is 10.2 Å². The second-order valence-electron chi connectivity index (χ2n) is 7.11. The first-order valence-electron chi connectivity index (χ1n) is 10.1. The molecule has 1 aromatic heterocycles. The van der Waals surface area contributed by atoms with E-state index in [1.807, 2.05) is 6.07 Å². The van der Waals surface area contributed by atoms with E-state index in [-0.39, 0.29) is 29.3 Å². The summed E-state index contributed by atoms with van der Waals surface area (Å²) in [4.78, 5) is 24.5. The highest BCUT2D eigenvalue weighted by molar-refractivity contribution is 7.99. The third-order valence-corrected chi connectivity index (χ3v) is 5.68. The number of rotatable bonds is 8. The van der Waals surface area contributed by atoms with Crippen molar-refractivity contribution in [2.24, 2.45) is 0 Å². The normalized spacial score (nSPS) is 10.6. The molecule has 0 atom stereocenters. The van der Waals surface area contributed by atoms with Crippen LogP contribution in [-0.2, 0) is 11.3 Å². The van der Waals surface area contributed by atoms with Crippen molar-refractivity contribution >= 4 is 40.9 Å². The van der Waals surface area contributed by atoms with Crippen LogP contribution in [-0.4, -0.2) is 27.8 Å². The van der Waals surface area contributed by atoms with Gasteiger partial charge in [0.2, 0.25) is 11.8 Å². The summed E-state index contributed by atoms with van der Waals surface area (Å²) in [5.74, 6) is -0.525. The SMILES string of the molecule is O=C(CSc1nnc(-c2ccc(Cl)cc2)o1)NCc1cccc(NC(=O)c2ccc(F)cc2)c1. The van der Waals surface area contributed by atoms with Crippen LogP contribution in [0.2, 0.25) is 5.02 Å². The molecule has 4 rings (SSSR count). The van der Waals surface area contributed by atoms with Crippen LogP contribution < -0.4 is 10.6 Å². The van der Waals surface area contributed by atoms with Gasteiger partial charge in [0.05, 0.1) is 5.75 Å². The Kier molecular flexibility index (Phi) is 7.56. The first kappa shape index (κ1) is 23.5. The predicted octanol–water partition coefficient (Wildman–Crippen LogP) is 5.19. The molecule has 0 fully saturated rings. The van der Waals surface area contributed by atoms with E-state index in [0.717, 1.165) is 22.9 Å². The van der Waals surface area contributed by atoms with Crippen molar-refractivity contribution in [1.29, 1.82) is 0 Å². The van der Waals surface area contributed by atoms with Gasteiger partial charge in [-0.1, -0.05) is 35.5 Å². The molecule has 0 spiro atoms. The molecule has 0 bridgehead atoms. The topological polar surface area (TPSA) is 97.1 Å². The van der Waals surface area contributed by atoms with E-state index < -0.39 is 5.82 Å². The van der Waals surface area contributed by atoms with Crippen molar-refractivity contribution in [1.82, 2.24) is 15.5 Å². The van der Waals surface area contributed by atoms with Gasteiger partial charge in [0.25, 0.3) is 11.1 Å². The van der Waals surface area contributed by atoms with Gasteiger partial charge in [-0.25, -0.2) is 4.39 Å². The van der Waals surface area contributed by atoms with Gasteiger partial charge < -0.3 is 15.1 Å². The first-order chi connectivity index (χ1) is 16.5. The average Bonchev–Trinajstić information content (AvgIpc) is 3.31. The van der Waals surface area contributed by atoms with Crippen molar-refractivity contribution in [3.8, 4) is 11.5 Å². The van der Waals surface area contributed by atoms with E-state index in [2.05, 4.69) is 20.8 Å². The quantitative estimate of drug-likeness (QED) is 0.326. The van der Waals surface area contributed by atoms with Gasteiger partial charge in [0, 0.05) is 28.4 Å². The Morgan fingerprint density at radius 3 is 2.53 bits per heavy atom. The molecular weight excluding hydrogens is 479 g/mol. The zero-order chi connectivity index (χ0) is 23.9. The summed E-state index contributed by atoms with van der Waals surface area (Å²) in [6, 6.07) is 19.4. The van der Waals surface area contributed by atoms with Gasteiger partial charge in [0.1, 0.15) is 5.82 Å². The fourth-order valence-electron chi connectivity index (χ4n) is 2.92. The lowest BCUT2D eigenvalue weighted by Crippen LogP contribution is -2.24. The minimum atomic E-state index is -0.409. The second kappa shape index (κ2) is 11.0. The molecule has 0 radical (unpaired) electrons. The van der Waals surface area contributed by atoms with Crippen LogP contribution in [0.15, 0.2) is 82.4 Å². The fourth-order valence-corrected chi connectivity index (χ4v) is 3.64. The minimum Gasteiger partial charge on any atom is -0.411 e. The predicted molar refractivity (Wildman–Crippen MR) is 128 cm³/mol. The summed E-state index contributed by atoms with van der Waals surface area (Å²) in [5, 5.41) is 14.4. The fraction of sp³-hybridized carbons (Fsp3) is 0.0833. The van der Waals surface area contributed by atoms with Crippen molar-refractivity contribution in [2.45, 2.75) is 11.8 Å². The number of anilines is 1.